The fourth-order valence-corrected chi connectivity index (χ4v) is 2.37. The quantitative estimate of drug-likeness (QED) is 0.870. The molecule has 2 heterocycles. The molecule has 1 aromatic heterocycles. The number of rotatable bonds is 3. The molecule has 0 saturated carbocycles. The van der Waals surface area contributed by atoms with E-state index in [-0.39, 0.29) is 17.9 Å². The first-order chi connectivity index (χ1) is 8.11. The van der Waals surface area contributed by atoms with E-state index in [0.29, 0.717) is 19.6 Å². The third-order valence-corrected chi connectivity index (χ3v) is 3.24. The van der Waals surface area contributed by atoms with Crippen molar-refractivity contribution in [2.75, 3.05) is 13.2 Å². The number of nitrogens with zero attached hydrogens (tertiary/aromatic N) is 2. The highest BCUT2D eigenvalue weighted by atomic mass is 16.5. The van der Waals surface area contributed by atoms with Crippen molar-refractivity contribution < 1.29 is 14.6 Å². The number of ether oxygens (including phenoxy) is 1. The van der Waals surface area contributed by atoms with Crippen molar-refractivity contribution in [1.29, 1.82) is 0 Å². The monoisotopic (exact) mass is 238 g/mol. The van der Waals surface area contributed by atoms with E-state index in [4.69, 9.17) is 4.74 Å². The summed E-state index contributed by atoms with van der Waals surface area (Å²) in [6.07, 6.45) is 2.30. The summed E-state index contributed by atoms with van der Waals surface area (Å²) in [5.41, 5.74) is 0.965. The SMILES string of the molecule is CC(C)n1nccc1[C@H]1COCC[C@@H]1C(=O)O. The lowest BCUT2D eigenvalue weighted by Crippen LogP contribution is -2.33. The molecule has 0 aromatic carbocycles. The Kier molecular flexibility index (Phi) is 3.47. The number of hydrogen-bond donors (Lipinski definition) is 1. The fourth-order valence-electron chi connectivity index (χ4n) is 2.37. The van der Waals surface area contributed by atoms with Gasteiger partial charge in [0.2, 0.25) is 0 Å². The molecular formula is C12H18N2O3. The van der Waals surface area contributed by atoms with Crippen LogP contribution in [0.2, 0.25) is 0 Å². The van der Waals surface area contributed by atoms with E-state index in [2.05, 4.69) is 5.10 Å². The first kappa shape index (κ1) is 12.1. The number of carbonyl (C=O) groups is 1. The molecule has 1 N–H and O–H groups in total. The molecule has 0 aliphatic carbocycles. The second-order valence-corrected chi connectivity index (χ2v) is 4.71. The Morgan fingerprint density at radius 2 is 2.41 bits per heavy atom. The van der Waals surface area contributed by atoms with E-state index >= 15 is 0 Å². The number of carboxylic acid groups (broad SMARTS) is 1. The minimum atomic E-state index is -0.741. The predicted octanol–water partition coefficient (Wildman–Crippen LogP) is 1.67. The van der Waals surface area contributed by atoms with Crippen LogP contribution in [-0.2, 0) is 9.53 Å². The average Bonchev–Trinajstić information content (AvgIpc) is 2.77. The van der Waals surface area contributed by atoms with Gasteiger partial charge in [0.25, 0.3) is 0 Å². The van der Waals surface area contributed by atoms with Gasteiger partial charge < -0.3 is 9.84 Å². The summed E-state index contributed by atoms with van der Waals surface area (Å²) in [6.45, 7) is 5.07. The van der Waals surface area contributed by atoms with Crippen LogP contribution in [0.1, 0.15) is 37.9 Å². The molecule has 0 bridgehead atoms. The number of aliphatic carboxylic acids is 1. The van der Waals surface area contributed by atoms with Gasteiger partial charge in [-0.3, -0.25) is 9.48 Å². The molecule has 1 aliphatic rings. The molecule has 2 rings (SSSR count). The first-order valence-corrected chi connectivity index (χ1v) is 5.95. The summed E-state index contributed by atoms with van der Waals surface area (Å²) in [5, 5.41) is 13.5. The maximum atomic E-state index is 11.3. The van der Waals surface area contributed by atoms with Crippen LogP contribution >= 0.6 is 0 Å². The van der Waals surface area contributed by atoms with E-state index in [9.17, 15) is 9.90 Å². The lowest BCUT2D eigenvalue weighted by atomic mass is 9.86. The van der Waals surface area contributed by atoms with Gasteiger partial charge in [0.15, 0.2) is 0 Å². The van der Waals surface area contributed by atoms with E-state index in [0.717, 1.165) is 5.69 Å². The lowest BCUT2D eigenvalue weighted by Gasteiger charge is -2.29. The van der Waals surface area contributed by atoms with Crippen LogP contribution in [0, 0.1) is 5.92 Å². The van der Waals surface area contributed by atoms with Gasteiger partial charge in [-0.1, -0.05) is 0 Å². The molecule has 1 saturated heterocycles. The minimum absolute atomic E-state index is 0.0915. The average molecular weight is 238 g/mol. The normalized spacial score (nSPS) is 25.1. The maximum absolute atomic E-state index is 11.3. The fraction of sp³-hybridized carbons (Fsp3) is 0.667. The molecule has 5 nitrogen and oxygen atoms in total. The van der Waals surface area contributed by atoms with Crippen LogP contribution in [0.4, 0.5) is 0 Å². The highest BCUT2D eigenvalue weighted by Gasteiger charge is 2.34. The van der Waals surface area contributed by atoms with Gasteiger partial charge in [-0.15, -0.1) is 0 Å². The highest BCUT2D eigenvalue weighted by molar-refractivity contribution is 5.71. The topological polar surface area (TPSA) is 64.4 Å². The summed E-state index contributed by atoms with van der Waals surface area (Å²) >= 11 is 0. The summed E-state index contributed by atoms with van der Waals surface area (Å²) in [4.78, 5) is 11.3. The van der Waals surface area contributed by atoms with Gasteiger partial charge in [0.1, 0.15) is 0 Å². The predicted molar refractivity (Wildman–Crippen MR) is 61.9 cm³/mol. The first-order valence-electron chi connectivity index (χ1n) is 5.95. The van der Waals surface area contributed by atoms with Gasteiger partial charge in [-0.2, -0.15) is 5.10 Å². The zero-order chi connectivity index (χ0) is 12.4. The number of aromatic nitrogens is 2. The van der Waals surface area contributed by atoms with E-state index < -0.39 is 5.97 Å². The standard InChI is InChI=1S/C12H18N2O3/c1-8(2)14-11(3-5-13-14)10-7-17-6-4-9(10)12(15)16/h3,5,8-10H,4,6-7H2,1-2H3,(H,15,16)/t9-,10-/m0/s1. The van der Waals surface area contributed by atoms with Gasteiger partial charge in [-0.05, 0) is 26.3 Å². The molecule has 0 spiro atoms. The minimum Gasteiger partial charge on any atom is -0.481 e. The Morgan fingerprint density at radius 1 is 1.65 bits per heavy atom. The molecule has 2 atom stereocenters. The number of hydrogen-bond acceptors (Lipinski definition) is 3. The van der Waals surface area contributed by atoms with Crippen molar-refractivity contribution in [2.45, 2.75) is 32.2 Å². The van der Waals surface area contributed by atoms with Gasteiger partial charge in [-0.25, -0.2) is 0 Å². The van der Waals surface area contributed by atoms with Crippen LogP contribution in [-0.4, -0.2) is 34.1 Å². The Hall–Kier alpha value is -1.36. The molecule has 5 heteroatoms. The summed E-state index contributed by atoms with van der Waals surface area (Å²) in [7, 11) is 0. The largest absolute Gasteiger partial charge is 0.481 e. The molecule has 17 heavy (non-hydrogen) atoms. The van der Waals surface area contributed by atoms with Crippen molar-refractivity contribution in [1.82, 2.24) is 9.78 Å². The lowest BCUT2D eigenvalue weighted by molar-refractivity contribution is -0.146. The summed E-state index contributed by atoms with van der Waals surface area (Å²) in [5.74, 6) is -1.20. The molecule has 1 aliphatic heterocycles. The molecule has 0 radical (unpaired) electrons. The van der Waals surface area contributed by atoms with Crippen molar-refractivity contribution >= 4 is 5.97 Å². The van der Waals surface area contributed by atoms with Crippen molar-refractivity contribution in [3.63, 3.8) is 0 Å². The molecular weight excluding hydrogens is 220 g/mol. The second kappa shape index (κ2) is 4.87. The Balaban J connectivity index is 2.29. The van der Waals surface area contributed by atoms with Crippen LogP contribution < -0.4 is 0 Å². The Labute approximate surface area is 100 Å². The van der Waals surface area contributed by atoms with Crippen molar-refractivity contribution in [3.8, 4) is 0 Å². The molecule has 0 unspecified atom stereocenters. The van der Waals surface area contributed by atoms with Crippen LogP contribution in [0.25, 0.3) is 0 Å². The number of carboxylic acids is 1. The molecule has 1 fully saturated rings. The zero-order valence-corrected chi connectivity index (χ0v) is 10.2. The van der Waals surface area contributed by atoms with Gasteiger partial charge in [0, 0.05) is 30.5 Å². The maximum Gasteiger partial charge on any atom is 0.307 e. The van der Waals surface area contributed by atoms with Gasteiger partial charge >= 0.3 is 5.97 Å². The molecule has 1 aromatic rings. The zero-order valence-electron chi connectivity index (χ0n) is 10.2. The van der Waals surface area contributed by atoms with Crippen molar-refractivity contribution in [2.24, 2.45) is 5.92 Å². The summed E-state index contributed by atoms with van der Waals surface area (Å²) < 4.78 is 7.30. The van der Waals surface area contributed by atoms with Crippen LogP contribution in [0.5, 0.6) is 0 Å². The van der Waals surface area contributed by atoms with E-state index in [1.54, 1.807) is 6.20 Å². The third kappa shape index (κ3) is 2.34. The molecule has 0 amide bonds. The van der Waals surface area contributed by atoms with Gasteiger partial charge in [0.05, 0.1) is 12.5 Å². The third-order valence-electron chi connectivity index (χ3n) is 3.24. The summed E-state index contributed by atoms with van der Waals surface area (Å²) in [6, 6.07) is 2.13. The molecule has 94 valence electrons. The van der Waals surface area contributed by atoms with E-state index in [1.807, 2.05) is 24.6 Å². The second-order valence-electron chi connectivity index (χ2n) is 4.71. The van der Waals surface area contributed by atoms with Crippen LogP contribution in [0.3, 0.4) is 0 Å². The van der Waals surface area contributed by atoms with Crippen molar-refractivity contribution in [3.05, 3.63) is 18.0 Å². The smallest absolute Gasteiger partial charge is 0.307 e. The van der Waals surface area contributed by atoms with Crippen LogP contribution in [0.15, 0.2) is 12.3 Å². The van der Waals surface area contributed by atoms with E-state index in [1.165, 1.54) is 0 Å². The highest BCUT2D eigenvalue weighted by Crippen LogP contribution is 2.32. The Morgan fingerprint density at radius 3 is 3.06 bits per heavy atom. The Bertz CT molecular complexity index is 400.